The van der Waals surface area contributed by atoms with E-state index in [-0.39, 0.29) is 11.3 Å². The van der Waals surface area contributed by atoms with Crippen LogP contribution in [0.15, 0.2) is 77.7 Å². The molecule has 0 saturated heterocycles. The van der Waals surface area contributed by atoms with Gasteiger partial charge >= 0.3 is 0 Å². The summed E-state index contributed by atoms with van der Waals surface area (Å²) in [6.45, 7) is 2.29. The molecule has 0 aliphatic rings. The van der Waals surface area contributed by atoms with Crippen molar-refractivity contribution in [2.45, 2.75) is 30.8 Å². The third kappa shape index (κ3) is 5.18. The molecule has 3 aromatic carbocycles. The largest absolute Gasteiger partial charge is 0.351 e. The molecule has 0 fully saturated rings. The monoisotopic (exact) mass is 466 g/mol. The third-order valence-electron chi connectivity index (χ3n) is 5.02. The number of aromatic nitrogens is 2. The number of nitrogens with zero attached hydrogens (tertiary/aromatic N) is 2. The molecular weight excluding hydrogens is 444 g/mol. The van der Waals surface area contributed by atoms with E-state index in [2.05, 4.69) is 18.8 Å². The molecule has 0 bridgehead atoms. The Morgan fingerprint density at radius 2 is 1.69 bits per heavy atom. The number of benzene rings is 3. The van der Waals surface area contributed by atoms with E-state index in [0.29, 0.717) is 17.6 Å². The van der Waals surface area contributed by atoms with Gasteiger partial charge in [-0.05, 0) is 36.6 Å². The Morgan fingerprint density at radius 3 is 2.44 bits per heavy atom. The molecule has 2 N–H and O–H groups in total. The topological polar surface area (TPSA) is 101 Å². The first-order chi connectivity index (χ1) is 15.4. The Hall–Kier alpha value is -3.14. The lowest BCUT2D eigenvalue weighted by Crippen LogP contribution is -2.47. The predicted octanol–water partition coefficient (Wildman–Crippen LogP) is 3.21. The molecule has 0 aliphatic heterocycles. The standard InChI is InChI=1S/C23H22N4O3S2/c1-16-10-12-18(13-11-16)15-24-23(28)20(14-17-6-3-2-4-7-17)27-32(29,30)21-9-5-8-19-22(21)26-31-25-19/h2-13,20,27H,14-15H2,1H3,(H,24,28). The van der Waals surface area contributed by atoms with Crippen molar-refractivity contribution in [1.82, 2.24) is 18.8 Å². The molecule has 4 aromatic rings. The van der Waals surface area contributed by atoms with Gasteiger partial charge in [0.25, 0.3) is 0 Å². The number of nitrogens with one attached hydrogen (secondary N) is 2. The summed E-state index contributed by atoms with van der Waals surface area (Å²) in [5.41, 5.74) is 3.70. The van der Waals surface area contributed by atoms with Crippen LogP contribution >= 0.6 is 11.7 Å². The molecule has 0 saturated carbocycles. The Morgan fingerprint density at radius 1 is 0.938 bits per heavy atom. The maximum atomic E-state index is 13.2. The van der Waals surface area contributed by atoms with E-state index in [1.807, 2.05) is 61.5 Å². The zero-order chi connectivity index (χ0) is 22.6. The second-order valence-electron chi connectivity index (χ2n) is 7.46. The Bertz CT molecular complexity index is 1320. The summed E-state index contributed by atoms with van der Waals surface area (Å²) < 4.78 is 37.2. The molecule has 0 radical (unpaired) electrons. The summed E-state index contributed by atoms with van der Waals surface area (Å²) in [5.74, 6) is -0.401. The van der Waals surface area contributed by atoms with E-state index in [1.165, 1.54) is 6.07 Å². The van der Waals surface area contributed by atoms with Crippen molar-refractivity contribution < 1.29 is 13.2 Å². The molecule has 0 spiro atoms. The van der Waals surface area contributed by atoms with Gasteiger partial charge < -0.3 is 5.32 Å². The number of fused-ring (bicyclic) bond motifs is 1. The maximum absolute atomic E-state index is 13.2. The van der Waals surface area contributed by atoms with Crippen LogP contribution in [0.25, 0.3) is 11.0 Å². The number of rotatable bonds is 8. The van der Waals surface area contributed by atoms with E-state index in [0.717, 1.165) is 28.4 Å². The Labute approximate surface area is 190 Å². The van der Waals surface area contributed by atoms with E-state index in [9.17, 15) is 13.2 Å². The molecule has 1 heterocycles. The van der Waals surface area contributed by atoms with Crippen molar-refractivity contribution in [2.75, 3.05) is 0 Å². The average Bonchev–Trinajstić information content (AvgIpc) is 3.27. The van der Waals surface area contributed by atoms with Gasteiger partial charge in [-0.2, -0.15) is 13.5 Å². The quantitative estimate of drug-likeness (QED) is 0.415. The number of sulfonamides is 1. The van der Waals surface area contributed by atoms with Crippen LogP contribution < -0.4 is 10.0 Å². The molecule has 1 unspecified atom stereocenters. The van der Waals surface area contributed by atoms with Gasteiger partial charge in [0, 0.05) is 6.54 Å². The van der Waals surface area contributed by atoms with Crippen LogP contribution in [0.3, 0.4) is 0 Å². The highest BCUT2D eigenvalue weighted by molar-refractivity contribution is 7.89. The van der Waals surface area contributed by atoms with Crippen molar-refractivity contribution in [3.63, 3.8) is 0 Å². The van der Waals surface area contributed by atoms with Crippen molar-refractivity contribution in [1.29, 1.82) is 0 Å². The molecule has 1 aromatic heterocycles. The van der Waals surface area contributed by atoms with Crippen molar-refractivity contribution >= 4 is 38.7 Å². The number of hydrogen-bond donors (Lipinski definition) is 2. The second-order valence-corrected chi connectivity index (χ2v) is 9.67. The molecule has 1 amide bonds. The van der Waals surface area contributed by atoms with Gasteiger partial charge in [0.1, 0.15) is 22.0 Å². The Kier molecular flexibility index (Phi) is 6.59. The van der Waals surface area contributed by atoms with E-state index in [4.69, 9.17) is 0 Å². The fourth-order valence-electron chi connectivity index (χ4n) is 3.30. The normalized spacial score (nSPS) is 12.5. The number of aryl methyl sites for hydroxylation is 1. The van der Waals surface area contributed by atoms with Crippen LogP contribution in [0, 0.1) is 6.92 Å². The minimum absolute atomic E-state index is 0.00754. The lowest BCUT2D eigenvalue weighted by Gasteiger charge is -2.19. The number of hydrogen-bond acceptors (Lipinski definition) is 6. The van der Waals surface area contributed by atoms with Crippen LogP contribution in [0.2, 0.25) is 0 Å². The van der Waals surface area contributed by atoms with E-state index < -0.39 is 22.0 Å². The van der Waals surface area contributed by atoms with Gasteiger partial charge in [-0.25, -0.2) is 8.42 Å². The van der Waals surface area contributed by atoms with Crippen molar-refractivity contribution in [3.05, 3.63) is 89.5 Å². The van der Waals surface area contributed by atoms with Crippen molar-refractivity contribution in [3.8, 4) is 0 Å². The smallest absolute Gasteiger partial charge is 0.243 e. The van der Waals surface area contributed by atoms with Crippen LogP contribution in [0.4, 0.5) is 0 Å². The number of carbonyl (C=O) groups is 1. The van der Waals surface area contributed by atoms with E-state index in [1.54, 1.807) is 12.1 Å². The fraction of sp³-hybridized carbons (Fsp3) is 0.174. The summed E-state index contributed by atoms with van der Waals surface area (Å²) in [5, 5.41) is 2.85. The predicted molar refractivity (Wildman–Crippen MR) is 125 cm³/mol. The highest BCUT2D eigenvalue weighted by Crippen LogP contribution is 2.21. The summed E-state index contributed by atoms with van der Waals surface area (Å²) in [6.07, 6.45) is 0.213. The van der Waals surface area contributed by atoms with Crippen LogP contribution in [-0.4, -0.2) is 29.1 Å². The molecular formula is C23H22N4O3S2. The molecule has 4 rings (SSSR count). The first kappa shape index (κ1) is 22.1. The molecule has 32 heavy (non-hydrogen) atoms. The van der Waals surface area contributed by atoms with E-state index >= 15 is 0 Å². The fourth-order valence-corrected chi connectivity index (χ4v) is 5.27. The Balaban J connectivity index is 1.57. The first-order valence-electron chi connectivity index (χ1n) is 10.0. The van der Waals surface area contributed by atoms with Gasteiger partial charge in [0.2, 0.25) is 15.9 Å². The van der Waals surface area contributed by atoms with Crippen LogP contribution in [0.5, 0.6) is 0 Å². The lowest BCUT2D eigenvalue weighted by molar-refractivity contribution is -0.122. The second kappa shape index (κ2) is 9.56. The maximum Gasteiger partial charge on any atom is 0.243 e. The van der Waals surface area contributed by atoms with Crippen LogP contribution in [0.1, 0.15) is 16.7 Å². The summed E-state index contributed by atoms with van der Waals surface area (Å²) in [6, 6.07) is 20.9. The SMILES string of the molecule is Cc1ccc(CNC(=O)C(Cc2ccccc2)NS(=O)(=O)c2cccc3nsnc23)cc1. The highest BCUT2D eigenvalue weighted by atomic mass is 32.2. The van der Waals surface area contributed by atoms with Gasteiger partial charge in [0.05, 0.1) is 11.7 Å². The third-order valence-corrected chi connectivity index (χ3v) is 7.07. The first-order valence-corrected chi connectivity index (χ1v) is 12.2. The number of carbonyl (C=O) groups excluding carboxylic acids is 1. The molecule has 0 aliphatic carbocycles. The molecule has 1 atom stereocenters. The lowest BCUT2D eigenvalue weighted by atomic mass is 10.1. The highest BCUT2D eigenvalue weighted by Gasteiger charge is 2.28. The summed E-state index contributed by atoms with van der Waals surface area (Å²) in [7, 11) is -4.02. The average molecular weight is 467 g/mol. The zero-order valence-electron chi connectivity index (χ0n) is 17.4. The van der Waals surface area contributed by atoms with Crippen LogP contribution in [-0.2, 0) is 27.8 Å². The summed E-state index contributed by atoms with van der Waals surface area (Å²) >= 11 is 0.946. The van der Waals surface area contributed by atoms with Gasteiger partial charge in [-0.3, -0.25) is 4.79 Å². The molecule has 7 nitrogen and oxygen atoms in total. The van der Waals surface area contributed by atoms with Gasteiger partial charge in [-0.15, -0.1) is 0 Å². The minimum Gasteiger partial charge on any atom is -0.351 e. The van der Waals surface area contributed by atoms with Gasteiger partial charge in [-0.1, -0.05) is 66.2 Å². The van der Waals surface area contributed by atoms with Gasteiger partial charge in [0.15, 0.2) is 0 Å². The molecule has 164 valence electrons. The minimum atomic E-state index is -4.02. The summed E-state index contributed by atoms with van der Waals surface area (Å²) in [4.78, 5) is 13.1. The molecule has 9 heteroatoms. The zero-order valence-corrected chi connectivity index (χ0v) is 19.0. The number of amides is 1. The van der Waals surface area contributed by atoms with Crippen molar-refractivity contribution in [2.24, 2.45) is 0 Å².